The smallest absolute Gasteiger partial charge is 0.309 e. The number of carbonyl (C=O) groups is 3. The van der Waals surface area contributed by atoms with Crippen molar-refractivity contribution in [3.8, 4) is 5.75 Å². The Morgan fingerprint density at radius 1 is 0.976 bits per heavy atom. The lowest BCUT2D eigenvalue weighted by Crippen LogP contribution is -2.29. The number of aliphatic carboxylic acids is 1. The number of aryl methyl sites for hydroxylation is 1. The van der Waals surface area contributed by atoms with Crippen LogP contribution in [0.2, 0.25) is 10.0 Å². The molecule has 0 saturated heterocycles. The zero-order chi connectivity index (χ0) is 30.3. The molecular formula is C32H32Cl2N2O5. The molecule has 4 aromatic rings. The highest BCUT2D eigenvalue weighted by molar-refractivity contribution is 6.42. The molecule has 3 heterocycles. The van der Waals surface area contributed by atoms with Gasteiger partial charge in [0.1, 0.15) is 12.4 Å². The van der Waals surface area contributed by atoms with Crippen LogP contribution in [0, 0.1) is 17.8 Å². The lowest BCUT2D eigenvalue weighted by Gasteiger charge is -2.22. The monoisotopic (exact) mass is 594 g/mol. The summed E-state index contributed by atoms with van der Waals surface area (Å²) in [5, 5.41) is 10.5. The molecule has 0 saturated carbocycles. The van der Waals surface area contributed by atoms with Crippen molar-refractivity contribution in [2.75, 3.05) is 0 Å². The van der Waals surface area contributed by atoms with Gasteiger partial charge in [0.05, 0.1) is 32.4 Å². The molecule has 7 nitrogen and oxygen atoms in total. The molecule has 0 aliphatic carbocycles. The number of Topliss-reactive ketones (excluding diaryl/α,β-unsaturated/α-hetero) is 1. The zero-order valence-electron chi connectivity index (χ0n) is 23.8. The number of benzene rings is 1. The van der Waals surface area contributed by atoms with Crippen LogP contribution in [-0.2, 0) is 17.8 Å². The van der Waals surface area contributed by atoms with E-state index in [1.165, 1.54) is 12.1 Å². The van der Waals surface area contributed by atoms with Gasteiger partial charge in [-0.15, -0.1) is 0 Å². The fourth-order valence-electron chi connectivity index (χ4n) is 4.55. The number of pyridine rings is 2. The second-order valence-electron chi connectivity index (χ2n) is 11.8. The van der Waals surface area contributed by atoms with Crippen LogP contribution < -0.4 is 4.74 Å². The van der Waals surface area contributed by atoms with Gasteiger partial charge in [0.2, 0.25) is 5.78 Å². The molecule has 9 heteroatoms. The predicted molar refractivity (Wildman–Crippen MR) is 160 cm³/mol. The Hall–Kier alpha value is -3.68. The minimum Gasteiger partial charge on any atom is -0.487 e. The Morgan fingerprint density at radius 2 is 1.68 bits per heavy atom. The van der Waals surface area contributed by atoms with Gasteiger partial charge in [0.25, 0.3) is 0 Å². The second-order valence-corrected chi connectivity index (χ2v) is 12.6. The van der Waals surface area contributed by atoms with Crippen LogP contribution in [0.1, 0.15) is 78.0 Å². The van der Waals surface area contributed by atoms with Gasteiger partial charge in [-0.1, -0.05) is 50.0 Å². The van der Waals surface area contributed by atoms with E-state index < -0.39 is 22.6 Å². The number of hydrogen-bond donors (Lipinski definition) is 1. The van der Waals surface area contributed by atoms with E-state index in [0.717, 1.165) is 11.4 Å². The number of ether oxygens (including phenoxy) is 1. The Bertz CT molecular complexity index is 1680. The van der Waals surface area contributed by atoms with E-state index in [-0.39, 0.29) is 40.7 Å². The predicted octanol–water partition coefficient (Wildman–Crippen LogP) is 7.64. The maximum absolute atomic E-state index is 14.1. The number of halogens is 2. The van der Waals surface area contributed by atoms with Crippen LogP contribution in [-0.4, -0.2) is 32.0 Å². The molecule has 4 rings (SSSR count). The number of carbonyl (C=O) groups excluding carboxylic acids is 2. The summed E-state index contributed by atoms with van der Waals surface area (Å²) in [5.74, 6) is -1.22. The van der Waals surface area contributed by atoms with E-state index in [0.29, 0.717) is 21.9 Å². The number of hydrogen-bond acceptors (Lipinski definition) is 5. The molecular weight excluding hydrogens is 563 g/mol. The lowest BCUT2D eigenvalue weighted by molar-refractivity contribution is -0.146. The molecule has 3 aromatic heterocycles. The first kappa shape index (κ1) is 30.3. The third kappa shape index (κ3) is 6.31. The first-order valence-corrected chi connectivity index (χ1v) is 13.9. The van der Waals surface area contributed by atoms with Gasteiger partial charge in [0, 0.05) is 34.5 Å². The summed E-state index contributed by atoms with van der Waals surface area (Å²) < 4.78 is 7.67. The summed E-state index contributed by atoms with van der Waals surface area (Å²) in [6, 6.07) is 13.6. The fourth-order valence-corrected chi connectivity index (χ4v) is 4.85. The van der Waals surface area contributed by atoms with E-state index in [9.17, 15) is 19.5 Å². The van der Waals surface area contributed by atoms with Crippen molar-refractivity contribution in [1.29, 1.82) is 0 Å². The standard InChI is InChI=1S/C32H32Cl2N2O5/c1-18-8-7-9-20(35-18)17-41-21-12-13-36-25(15-21)26(29(38)31(2,3)4)22(16-32(5,6)30(39)40)27(36)28(37)19-10-11-23(33)24(34)14-19/h7-15H,16-17H2,1-6H3,(H,39,40). The molecule has 0 spiro atoms. The van der Waals surface area contributed by atoms with Crippen molar-refractivity contribution in [2.24, 2.45) is 10.8 Å². The zero-order valence-corrected chi connectivity index (χ0v) is 25.4. The molecule has 41 heavy (non-hydrogen) atoms. The molecule has 0 fully saturated rings. The molecule has 0 atom stereocenters. The Morgan fingerprint density at radius 3 is 2.29 bits per heavy atom. The SMILES string of the molecule is Cc1cccc(COc2ccn3c(C(=O)c4ccc(Cl)c(Cl)c4)c(CC(C)(C)C(=O)O)c(C(=O)C(C)(C)C)c3c2)n1. The third-order valence-electron chi connectivity index (χ3n) is 6.85. The average Bonchev–Trinajstić information content (AvgIpc) is 3.19. The van der Waals surface area contributed by atoms with Crippen molar-refractivity contribution < 1.29 is 24.2 Å². The summed E-state index contributed by atoms with van der Waals surface area (Å²) in [5.41, 5.74) is 1.03. The van der Waals surface area contributed by atoms with Crippen molar-refractivity contribution in [3.63, 3.8) is 0 Å². The molecule has 0 radical (unpaired) electrons. The van der Waals surface area contributed by atoms with Gasteiger partial charge in [0.15, 0.2) is 5.78 Å². The number of aromatic nitrogens is 2. The number of carboxylic acids is 1. The van der Waals surface area contributed by atoms with Crippen LogP contribution >= 0.6 is 23.2 Å². The average molecular weight is 596 g/mol. The molecule has 0 unspecified atom stereocenters. The highest BCUT2D eigenvalue weighted by atomic mass is 35.5. The van der Waals surface area contributed by atoms with Crippen molar-refractivity contribution in [1.82, 2.24) is 9.38 Å². The van der Waals surface area contributed by atoms with Crippen LogP contribution in [0.5, 0.6) is 5.75 Å². The first-order chi connectivity index (χ1) is 19.1. The van der Waals surface area contributed by atoms with Gasteiger partial charge in [-0.2, -0.15) is 0 Å². The van der Waals surface area contributed by atoms with Crippen LogP contribution in [0.15, 0.2) is 54.7 Å². The Kier molecular flexibility index (Phi) is 8.35. The van der Waals surface area contributed by atoms with Crippen LogP contribution in [0.3, 0.4) is 0 Å². The largest absolute Gasteiger partial charge is 0.487 e. The van der Waals surface area contributed by atoms with Crippen molar-refractivity contribution in [3.05, 3.63) is 98.5 Å². The van der Waals surface area contributed by atoms with Gasteiger partial charge in [-0.05, 0) is 69.2 Å². The Balaban J connectivity index is 1.97. The number of fused-ring (bicyclic) bond motifs is 1. The minimum atomic E-state index is -1.28. The van der Waals surface area contributed by atoms with Crippen LogP contribution in [0.4, 0.5) is 0 Å². The van der Waals surface area contributed by atoms with Crippen LogP contribution in [0.25, 0.3) is 5.52 Å². The number of nitrogens with zero attached hydrogens (tertiary/aromatic N) is 2. The molecule has 0 amide bonds. The molecule has 1 aromatic carbocycles. The Labute approximate surface area is 249 Å². The highest BCUT2D eigenvalue weighted by Gasteiger charge is 2.37. The highest BCUT2D eigenvalue weighted by Crippen LogP contribution is 2.37. The van der Waals surface area contributed by atoms with Gasteiger partial charge >= 0.3 is 5.97 Å². The van der Waals surface area contributed by atoms with Gasteiger partial charge in [-0.3, -0.25) is 19.4 Å². The van der Waals surface area contributed by atoms with E-state index in [1.54, 1.807) is 63.4 Å². The van der Waals surface area contributed by atoms with Gasteiger partial charge < -0.3 is 14.2 Å². The molecule has 1 N–H and O–H groups in total. The van der Waals surface area contributed by atoms with E-state index in [1.807, 2.05) is 25.1 Å². The normalized spacial score (nSPS) is 12.0. The fraction of sp³-hybridized carbons (Fsp3) is 0.312. The number of ketones is 2. The van der Waals surface area contributed by atoms with E-state index in [2.05, 4.69) is 4.98 Å². The van der Waals surface area contributed by atoms with Crippen molar-refractivity contribution >= 4 is 46.3 Å². The molecule has 214 valence electrons. The summed E-state index contributed by atoms with van der Waals surface area (Å²) in [7, 11) is 0. The molecule has 0 aliphatic rings. The number of carboxylic acid groups (broad SMARTS) is 1. The van der Waals surface area contributed by atoms with E-state index >= 15 is 0 Å². The summed E-state index contributed by atoms with van der Waals surface area (Å²) >= 11 is 12.3. The summed E-state index contributed by atoms with van der Waals surface area (Å²) in [6.45, 7) is 10.6. The summed E-state index contributed by atoms with van der Waals surface area (Å²) in [4.78, 5) is 44.8. The first-order valence-electron chi connectivity index (χ1n) is 13.1. The van der Waals surface area contributed by atoms with E-state index in [4.69, 9.17) is 27.9 Å². The van der Waals surface area contributed by atoms with Crippen molar-refractivity contribution in [2.45, 2.75) is 54.6 Å². The maximum atomic E-state index is 14.1. The topological polar surface area (TPSA) is 98.0 Å². The maximum Gasteiger partial charge on any atom is 0.309 e. The summed E-state index contributed by atoms with van der Waals surface area (Å²) in [6.07, 6.45) is 1.60. The number of rotatable bonds is 9. The minimum absolute atomic E-state index is 0.0625. The second kappa shape index (κ2) is 11.3. The lowest BCUT2D eigenvalue weighted by atomic mass is 9.79. The molecule has 0 aliphatic heterocycles. The quantitative estimate of drug-likeness (QED) is 0.200. The van der Waals surface area contributed by atoms with Gasteiger partial charge in [-0.25, -0.2) is 0 Å². The molecule has 0 bridgehead atoms. The third-order valence-corrected chi connectivity index (χ3v) is 7.59.